The predicted molar refractivity (Wildman–Crippen MR) is 109 cm³/mol. The van der Waals surface area contributed by atoms with Crippen LogP contribution in [0.25, 0.3) is 0 Å². The highest BCUT2D eigenvalue weighted by Gasteiger charge is 2.15. The van der Waals surface area contributed by atoms with Crippen LogP contribution in [0.1, 0.15) is 35.6 Å². The zero-order valence-corrected chi connectivity index (χ0v) is 16.1. The molecule has 1 heterocycles. The van der Waals surface area contributed by atoms with Crippen LogP contribution >= 0.6 is 0 Å². The summed E-state index contributed by atoms with van der Waals surface area (Å²) in [4.78, 5) is 19.0. The van der Waals surface area contributed by atoms with Crippen LogP contribution in [0.4, 0.5) is 4.39 Å². The molecule has 0 aliphatic carbocycles. The van der Waals surface area contributed by atoms with Crippen LogP contribution in [0.5, 0.6) is 0 Å². The summed E-state index contributed by atoms with van der Waals surface area (Å²) in [6, 6.07) is 18.6. The van der Waals surface area contributed by atoms with E-state index in [1.54, 1.807) is 24.5 Å². The standard InChI is InChI=1S/C24H25FN2O/c1-2-19-5-7-21(8-6-19)17-27(18-22-4-3-15-26-16-22)24(28)14-11-20-9-12-23(25)13-10-20/h3-10,12-13,15-16H,2,11,14,17-18H2,1H3. The molecule has 1 aromatic heterocycles. The van der Waals surface area contributed by atoms with Crippen molar-refractivity contribution >= 4 is 5.91 Å². The van der Waals surface area contributed by atoms with Gasteiger partial charge in [-0.15, -0.1) is 0 Å². The predicted octanol–water partition coefficient (Wildman–Crippen LogP) is 4.94. The van der Waals surface area contributed by atoms with Gasteiger partial charge in [0.1, 0.15) is 5.82 Å². The van der Waals surface area contributed by atoms with Crippen molar-refractivity contribution < 1.29 is 9.18 Å². The van der Waals surface area contributed by atoms with E-state index < -0.39 is 0 Å². The molecule has 0 radical (unpaired) electrons. The van der Waals surface area contributed by atoms with E-state index in [0.29, 0.717) is 25.9 Å². The lowest BCUT2D eigenvalue weighted by atomic mass is 10.1. The van der Waals surface area contributed by atoms with Crippen molar-refractivity contribution in [2.24, 2.45) is 0 Å². The second-order valence-corrected chi connectivity index (χ2v) is 6.91. The van der Waals surface area contributed by atoms with E-state index in [0.717, 1.165) is 23.1 Å². The second kappa shape index (κ2) is 9.79. The lowest BCUT2D eigenvalue weighted by molar-refractivity contribution is -0.132. The molecular formula is C24H25FN2O. The third-order valence-electron chi connectivity index (χ3n) is 4.79. The number of carbonyl (C=O) groups excluding carboxylic acids is 1. The normalized spacial score (nSPS) is 10.6. The fourth-order valence-electron chi connectivity index (χ4n) is 3.11. The number of hydrogen-bond acceptors (Lipinski definition) is 2. The first-order valence-electron chi connectivity index (χ1n) is 9.63. The third kappa shape index (κ3) is 5.74. The van der Waals surface area contributed by atoms with E-state index in [4.69, 9.17) is 0 Å². The van der Waals surface area contributed by atoms with Gasteiger partial charge in [-0.1, -0.05) is 49.4 Å². The summed E-state index contributed by atoms with van der Waals surface area (Å²) in [7, 11) is 0. The van der Waals surface area contributed by atoms with Crippen LogP contribution in [0, 0.1) is 5.82 Å². The quantitative estimate of drug-likeness (QED) is 0.558. The van der Waals surface area contributed by atoms with Gasteiger partial charge in [0.25, 0.3) is 0 Å². The summed E-state index contributed by atoms with van der Waals surface area (Å²) in [6.07, 6.45) is 5.50. The van der Waals surface area contributed by atoms with E-state index in [9.17, 15) is 9.18 Å². The largest absolute Gasteiger partial charge is 0.334 e. The van der Waals surface area contributed by atoms with Crippen molar-refractivity contribution in [3.63, 3.8) is 0 Å². The SMILES string of the molecule is CCc1ccc(CN(Cc2cccnc2)C(=O)CCc2ccc(F)cc2)cc1. The highest BCUT2D eigenvalue weighted by Crippen LogP contribution is 2.14. The number of aromatic nitrogens is 1. The topological polar surface area (TPSA) is 33.2 Å². The van der Waals surface area contributed by atoms with Gasteiger partial charge >= 0.3 is 0 Å². The molecule has 28 heavy (non-hydrogen) atoms. The number of aryl methyl sites for hydroxylation is 2. The average Bonchev–Trinajstić information content (AvgIpc) is 2.74. The Morgan fingerprint density at radius 2 is 1.54 bits per heavy atom. The van der Waals surface area contributed by atoms with Crippen molar-refractivity contribution in [2.75, 3.05) is 0 Å². The lowest BCUT2D eigenvalue weighted by Gasteiger charge is -2.23. The van der Waals surface area contributed by atoms with E-state index in [1.807, 2.05) is 17.0 Å². The molecule has 2 aromatic carbocycles. The summed E-state index contributed by atoms with van der Waals surface area (Å²) in [5.74, 6) is -0.184. The second-order valence-electron chi connectivity index (χ2n) is 6.91. The molecule has 0 fully saturated rings. The number of pyridine rings is 1. The first kappa shape index (κ1) is 19.7. The first-order chi connectivity index (χ1) is 13.6. The number of benzene rings is 2. The zero-order valence-electron chi connectivity index (χ0n) is 16.1. The molecule has 0 spiro atoms. The number of carbonyl (C=O) groups is 1. The molecule has 3 nitrogen and oxygen atoms in total. The minimum Gasteiger partial charge on any atom is -0.334 e. The van der Waals surface area contributed by atoms with Gasteiger partial charge in [0.15, 0.2) is 0 Å². The molecule has 0 saturated heterocycles. The van der Waals surface area contributed by atoms with Crippen LogP contribution in [-0.2, 0) is 30.7 Å². The van der Waals surface area contributed by atoms with Crippen molar-refractivity contribution in [3.8, 4) is 0 Å². The van der Waals surface area contributed by atoms with Crippen LogP contribution in [0.15, 0.2) is 73.1 Å². The maximum Gasteiger partial charge on any atom is 0.223 e. The number of amides is 1. The zero-order chi connectivity index (χ0) is 19.8. The highest BCUT2D eigenvalue weighted by atomic mass is 19.1. The molecular weight excluding hydrogens is 351 g/mol. The Morgan fingerprint density at radius 1 is 0.893 bits per heavy atom. The summed E-state index contributed by atoms with van der Waals surface area (Å²) in [6.45, 7) is 3.20. The monoisotopic (exact) mass is 376 g/mol. The van der Waals surface area contributed by atoms with Gasteiger partial charge in [-0.2, -0.15) is 0 Å². The lowest BCUT2D eigenvalue weighted by Crippen LogP contribution is -2.30. The van der Waals surface area contributed by atoms with E-state index in [1.165, 1.54) is 17.7 Å². The number of hydrogen-bond donors (Lipinski definition) is 0. The van der Waals surface area contributed by atoms with Crippen molar-refractivity contribution in [1.29, 1.82) is 0 Å². The molecule has 0 N–H and O–H groups in total. The van der Waals surface area contributed by atoms with Crippen LogP contribution < -0.4 is 0 Å². The van der Waals surface area contributed by atoms with Crippen LogP contribution in [0.2, 0.25) is 0 Å². The molecule has 0 aliphatic heterocycles. The molecule has 4 heteroatoms. The summed E-state index contributed by atoms with van der Waals surface area (Å²) >= 11 is 0. The highest BCUT2D eigenvalue weighted by molar-refractivity contribution is 5.76. The van der Waals surface area contributed by atoms with E-state index in [2.05, 4.69) is 36.2 Å². The summed E-state index contributed by atoms with van der Waals surface area (Å²) in [5.41, 5.74) is 4.35. The molecule has 3 aromatic rings. The van der Waals surface area contributed by atoms with Gasteiger partial charge in [0.2, 0.25) is 5.91 Å². The minimum atomic E-state index is -0.260. The fraction of sp³-hybridized carbons (Fsp3) is 0.250. The maximum absolute atomic E-state index is 13.1. The number of halogens is 1. The minimum absolute atomic E-state index is 0.0766. The molecule has 0 unspecified atom stereocenters. The molecule has 1 amide bonds. The Balaban J connectivity index is 1.70. The molecule has 0 atom stereocenters. The maximum atomic E-state index is 13.1. The molecule has 0 bridgehead atoms. The third-order valence-corrected chi connectivity index (χ3v) is 4.79. The molecule has 144 valence electrons. The first-order valence-corrected chi connectivity index (χ1v) is 9.63. The Labute approximate surface area is 165 Å². The Morgan fingerprint density at radius 3 is 2.18 bits per heavy atom. The van der Waals surface area contributed by atoms with Crippen molar-refractivity contribution in [1.82, 2.24) is 9.88 Å². The van der Waals surface area contributed by atoms with Gasteiger partial charge < -0.3 is 4.90 Å². The fourth-order valence-corrected chi connectivity index (χ4v) is 3.11. The molecule has 0 aliphatic rings. The molecule has 3 rings (SSSR count). The van der Waals surface area contributed by atoms with Crippen molar-refractivity contribution in [2.45, 2.75) is 39.3 Å². The summed E-state index contributed by atoms with van der Waals surface area (Å²) < 4.78 is 13.1. The van der Waals surface area contributed by atoms with Gasteiger partial charge in [-0.3, -0.25) is 9.78 Å². The van der Waals surface area contributed by atoms with Crippen LogP contribution in [0.3, 0.4) is 0 Å². The van der Waals surface area contributed by atoms with Crippen LogP contribution in [-0.4, -0.2) is 15.8 Å². The van der Waals surface area contributed by atoms with Crippen molar-refractivity contribution in [3.05, 3.63) is 101 Å². The summed E-state index contributed by atoms with van der Waals surface area (Å²) in [5, 5.41) is 0. The van der Waals surface area contributed by atoms with Gasteiger partial charge in [-0.25, -0.2) is 4.39 Å². The Hall–Kier alpha value is -3.01. The van der Waals surface area contributed by atoms with E-state index >= 15 is 0 Å². The Bertz CT molecular complexity index is 877. The molecule has 0 saturated carbocycles. The number of nitrogens with zero attached hydrogens (tertiary/aromatic N) is 2. The Kier molecular flexibility index (Phi) is 6.90. The smallest absolute Gasteiger partial charge is 0.223 e. The van der Waals surface area contributed by atoms with Gasteiger partial charge in [0.05, 0.1) is 0 Å². The van der Waals surface area contributed by atoms with Gasteiger partial charge in [0, 0.05) is 31.9 Å². The number of rotatable bonds is 8. The van der Waals surface area contributed by atoms with Gasteiger partial charge in [-0.05, 0) is 53.3 Å². The van der Waals surface area contributed by atoms with E-state index in [-0.39, 0.29) is 11.7 Å². The average molecular weight is 376 g/mol.